The molecule has 14 heteroatoms. The van der Waals surface area contributed by atoms with Crippen LogP contribution in [0.5, 0.6) is 0 Å². The van der Waals surface area contributed by atoms with Gasteiger partial charge in [0.2, 0.25) is 0 Å². The van der Waals surface area contributed by atoms with Gasteiger partial charge in [-0.3, -0.25) is 8.98 Å². The molecule has 142 valence electrons. The van der Waals surface area contributed by atoms with Crippen LogP contribution in [0.1, 0.15) is 23.6 Å². The fourth-order valence-corrected chi connectivity index (χ4v) is 2.97. The molecule has 1 saturated heterocycles. The molecule has 2 aromatic rings. The van der Waals surface area contributed by atoms with Gasteiger partial charge in [-0.2, -0.15) is 13.5 Å². The lowest BCUT2D eigenvalue weighted by Gasteiger charge is -2.15. The van der Waals surface area contributed by atoms with E-state index in [1.165, 1.54) is 6.92 Å². The summed E-state index contributed by atoms with van der Waals surface area (Å²) in [6.07, 6.45) is -4.36. The summed E-state index contributed by atoms with van der Waals surface area (Å²) >= 11 is 0. The van der Waals surface area contributed by atoms with Crippen molar-refractivity contribution in [2.75, 3.05) is 12.3 Å². The number of ketones is 1. The third-order valence-electron chi connectivity index (χ3n) is 3.83. The molecule has 3 rings (SSSR count). The summed E-state index contributed by atoms with van der Waals surface area (Å²) in [5, 5.41) is 29.3. The van der Waals surface area contributed by atoms with Gasteiger partial charge in [-0.15, -0.1) is 0 Å². The molecule has 26 heavy (non-hydrogen) atoms. The number of carbonyl (C=O) groups excluding carboxylic acids is 1. The Morgan fingerprint density at radius 3 is 2.69 bits per heavy atom. The molecular formula is C12H16N6O7S. The summed E-state index contributed by atoms with van der Waals surface area (Å²) in [5.74, 6) is -0.411. The smallest absolute Gasteiger partial charge is 0.333 e. The predicted molar refractivity (Wildman–Crippen MR) is 84.7 cm³/mol. The minimum atomic E-state index is -4.26. The van der Waals surface area contributed by atoms with Gasteiger partial charge in [-0.1, -0.05) is 0 Å². The lowest BCUT2D eigenvalue weighted by molar-refractivity contribution is -0.0527. The van der Waals surface area contributed by atoms with Crippen molar-refractivity contribution in [3.8, 4) is 0 Å². The predicted octanol–water partition coefficient (Wildman–Crippen LogP) is -2.55. The molecule has 0 spiro atoms. The van der Waals surface area contributed by atoms with E-state index in [0.29, 0.717) is 0 Å². The zero-order valence-corrected chi connectivity index (χ0v) is 14.2. The first-order chi connectivity index (χ1) is 12.1. The number of nitrogens with zero attached hydrogens (tertiary/aromatic N) is 4. The maximum absolute atomic E-state index is 11.8. The van der Waals surface area contributed by atoms with Crippen molar-refractivity contribution in [3.05, 3.63) is 12.0 Å². The molecule has 3 heterocycles. The number of fused-ring (bicyclic) bond motifs is 1. The van der Waals surface area contributed by atoms with Crippen molar-refractivity contribution < 1.29 is 32.3 Å². The van der Waals surface area contributed by atoms with Gasteiger partial charge in [0.05, 0.1) is 12.0 Å². The minimum absolute atomic E-state index is 0.00796. The number of hydrogen-bond donors (Lipinski definition) is 4. The number of nitrogen functional groups attached to an aromatic ring is 1. The quantitative estimate of drug-likeness (QED) is 0.392. The Hall–Kier alpha value is -2.23. The largest absolute Gasteiger partial charge is 0.387 e. The van der Waals surface area contributed by atoms with Crippen LogP contribution in [0.15, 0.2) is 6.33 Å². The number of hydrogen-bond acceptors (Lipinski definition) is 11. The summed E-state index contributed by atoms with van der Waals surface area (Å²) < 4.78 is 32.7. The van der Waals surface area contributed by atoms with Crippen LogP contribution in [0.25, 0.3) is 11.0 Å². The fourth-order valence-electron chi connectivity index (χ4n) is 2.65. The first-order valence-corrected chi connectivity index (χ1v) is 8.75. The summed E-state index contributed by atoms with van der Waals surface area (Å²) in [5.41, 5.74) is 5.85. The highest BCUT2D eigenvalue weighted by Gasteiger charge is 2.45. The third kappa shape index (κ3) is 3.25. The second-order valence-corrected chi connectivity index (χ2v) is 6.85. The SMILES string of the molecule is CC(=O)c1nn([C@@H]2O[C@H](COS(N)(=O)=O)[C@@H](O)[C@H]2O)c2ncnc(N)c12. The molecule has 0 bridgehead atoms. The molecule has 0 unspecified atom stereocenters. The van der Waals surface area contributed by atoms with E-state index in [1.54, 1.807) is 0 Å². The van der Waals surface area contributed by atoms with Crippen molar-refractivity contribution in [2.24, 2.45) is 5.14 Å². The van der Waals surface area contributed by atoms with E-state index < -0.39 is 47.2 Å². The second-order valence-electron chi connectivity index (χ2n) is 5.63. The van der Waals surface area contributed by atoms with Crippen LogP contribution >= 0.6 is 0 Å². The maximum Gasteiger partial charge on any atom is 0.333 e. The summed E-state index contributed by atoms with van der Waals surface area (Å²) in [4.78, 5) is 19.6. The van der Waals surface area contributed by atoms with E-state index in [9.17, 15) is 23.4 Å². The molecule has 0 saturated carbocycles. The lowest BCUT2D eigenvalue weighted by atomic mass is 10.1. The molecule has 1 aliphatic rings. The highest BCUT2D eigenvalue weighted by atomic mass is 32.2. The molecule has 0 radical (unpaired) electrons. The van der Waals surface area contributed by atoms with E-state index in [0.717, 1.165) is 11.0 Å². The van der Waals surface area contributed by atoms with Gasteiger partial charge in [-0.25, -0.2) is 19.8 Å². The van der Waals surface area contributed by atoms with Gasteiger partial charge in [0.15, 0.2) is 17.7 Å². The number of rotatable bonds is 5. The Balaban J connectivity index is 1.99. The number of aliphatic hydroxyl groups is 2. The van der Waals surface area contributed by atoms with Gasteiger partial charge in [0, 0.05) is 6.92 Å². The van der Waals surface area contributed by atoms with Crippen LogP contribution < -0.4 is 10.9 Å². The Labute approximate surface area is 146 Å². The number of carbonyl (C=O) groups is 1. The molecule has 2 aromatic heterocycles. The van der Waals surface area contributed by atoms with E-state index in [1.807, 2.05) is 0 Å². The topological polar surface area (TPSA) is 206 Å². The number of nitrogens with two attached hydrogens (primary N) is 2. The van der Waals surface area contributed by atoms with Crippen molar-refractivity contribution in [2.45, 2.75) is 31.5 Å². The van der Waals surface area contributed by atoms with E-state index in [2.05, 4.69) is 19.2 Å². The molecule has 0 amide bonds. The first-order valence-electron chi connectivity index (χ1n) is 7.28. The third-order valence-corrected chi connectivity index (χ3v) is 4.29. The average Bonchev–Trinajstić information content (AvgIpc) is 3.06. The van der Waals surface area contributed by atoms with Crippen molar-refractivity contribution in [1.29, 1.82) is 0 Å². The van der Waals surface area contributed by atoms with Crippen LogP contribution in [0, 0.1) is 0 Å². The normalized spacial score (nSPS) is 26.5. The number of aliphatic hydroxyl groups excluding tert-OH is 2. The molecule has 0 aliphatic carbocycles. The van der Waals surface area contributed by atoms with Crippen LogP contribution in [0.3, 0.4) is 0 Å². The molecule has 4 atom stereocenters. The fraction of sp³-hybridized carbons (Fsp3) is 0.500. The highest BCUT2D eigenvalue weighted by Crippen LogP contribution is 2.33. The zero-order chi connectivity index (χ0) is 19.2. The van der Waals surface area contributed by atoms with Gasteiger partial charge >= 0.3 is 10.3 Å². The highest BCUT2D eigenvalue weighted by molar-refractivity contribution is 7.84. The average molecular weight is 388 g/mol. The first kappa shape index (κ1) is 18.6. The summed E-state index contributed by atoms with van der Waals surface area (Å²) in [6.45, 7) is 0.644. The number of ether oxygens (including phenoxy) is 1. The summed E-state index contributed by atoms with van der Waals surface area (Å²) in [7, 11) is -4.26. The van der Waals surface area contributed by atoms with Crippen molar-refractivity contribution in [1.82, 2.24) is 19.7 Å². The Morgan fingerprint density at radius 1 is 1.38 bits per heavy atom. The van der Waals surface area contributed by atoms with E-state index in [-0.39, 0.29) is 22.5 Å². The van der Waals surface area contributed by atoms with Gasteiger partial charge in [-0.05, 0) is 0 Å². The lowest BCUT2D eigenvalue weighted by Crippen LogP contribution is -2.35. The van der Waals surface area contributed by atoms with E-state index in [4.69, 9.17) is 15.6 Å². The maximum atomic E-state index is 11.8. The monoisotopic (exact) mass is 388 g/mol. The Bertz CT molecular complexity index is 960. The Morgan fingerprint density at radius 2 is 2.08 bits per heavy atom. The number of Topliss-reactive ketones (excluding diaryl/α,β-unsaturated/α-hetero) is 1. The van der Waals surface area contributed by atoms with Crippen LogP contribution in [0.4, 0.5) is 5.82 Å². The van der Waals surface area contributed by atoms with Gasteiger partial charge in [0.25, 0.3) is 0 Å². The molecule has 0 aromatic carbocycles. The number of anilines is 1. The van der Waals surface area contributed by atoms with Gasteiger partial charge in [0.1, 0.15) is 36.2 Å². The number of aromatic nitrogens is 4. The molecule has 1 fully saturated rings. The second kappa shape index (κ2) is 6.49. The molecule has 6 N–H and O–H groups in total. The van der Waals surface area contributed by atoms with E-state index >= 15 is 0 Å². The molecular weight excluding hydrogens is 372 g/mol. The summed E-state index contributed by atoms with van der Waals surface area (Å²) in [6, 6.07) is 0. The van der Waals surface area contributed by atoms with Crippen molar-refractivity contribution in [3.63, 3.8) is 0 Å². The zero-order valence-electron chi connectivity index (χ0n) is 13.4. The van der Waals surface area contributed by atoms with Crippen molar-refractivity contribution >= 4 is 32.9 Å². The van der Waals surface area contributed by atoms with Gasteiger partial charge < -0.3 is 20.7 Å². The molecule has 1 aliphatic heterocycles. The minimum Gasteiger partial charge on any atom is -0.387 e. The Kier molecular flexibility index (Phi) is 4.63. The standard InChI is InChI=1S/C12H16N6O7S/c1-4(19)7-6-10(13)15-3-16-11(6)18(17-7)12-9(21)8(20)5(25-12)2-24-26(14,22)23/h3,5,8-9,12,20-21H,2H2,1H3,(H2,13,15,16)(H2,14,22,23)/t5-,8-,9-,12-/m1/s1. The molecule has 13 nitrogen and oxygen atoms in total. The van der Waals surface area contributed by atoms with Crippen LogP contribution in [0.2, 0.25) is 0 Å². The van der Waals surface area contributed by atoms with Crippen LogP contribution in [-0.4, -0.2) is 69.1 Å². The van der Waals surface area contributed by atoms with Crippen LogP contribution in [-0.2, 0) is 19.2 Å².